The first-order valence-electron chi connectivity index (χ1n) is 8.63. The van der Waals surface area contributed by atoms with E-state index in [1.807, 2.05) is 0 Å². The number of hydrogen-bond acceptors (Lipinski definition) is 5. The summed E-state index contributed by atoms with van der Waals surface area (Å²) in [5, 5.41) is 20.7. The van der Waals surface area contributed by atoms with Crippen molar-refractivity contribution < 1.29 is 55.5 Å². The molecule has 2 aliphatic rings. The zero-order chi connectivity index (χ0) is 24.1. The van der Waals surface area contributed by atoms with Crippen LogP contribution in [0.5, 0.6) is 23.0 Å². The van der Waals surface area contributed by atoms with E-state index in [1.54, 1.807) is 0 Å². The summed E-state index contributed by atoms with van der Waals surface area (Å²) in [5.41, 5.74) is -1.02. The quantitative estimate of drug-likeness (QED) is 0.118. The molecule has 3 aromatic rings. The third-order valence-corrected chi connectivity index (χ3v) is 9.81. The second-order valence-electron chi connectivity index (χ2n) is 6.97. The fourth-order valence-corrected chi connectivity index (χ4v) is 7.39. The second-order valence-corrected chi connectivity index (χ2v) is 11.8. The van der Waals surface area contributed by atoms with Gasteiger partial charge >= 0.3 is 35.5 Å². The van der Waals surface area contributed by atoms with Crippen molar-refractivity contribution in [3.8, 4) is 23.0 Å². The Balaban J connectivity index is 0.00000171. The number of esters is 1. The van der Waals surface area contributed by atoms with Crippen molar-refractivity contribution in [3.63, 3.8) is 0 Å². The standard InChI is InChI=1S/C20H4Br4Cl4O5.Na.H/c21-5-1-3-17(9(23)15(5)29)32-18-4(2-6(22)16(30)10(18)24)20(3)8-7(19(31)33-20)11(25)13(27)14(28)12(8)26;;/h1-2,29-30H;;/q;+1;-1. The molecule has 172 valence electrons. The Labute approximate surface area is 269 Å². The summed E-state index contributed by atoms with van der Waals surface area (Å²) >= 11 is 39.0. The number of rotatable bonds is 0. The van der Waals surface area contributed by atoms with Crippen molar-refractivity contribution in [2.75, 3.05) is 0 Å². The number of hydrogen-bond donors (Lipinski definition) is 2. The summed E-state index contributed by atoms with van der Waals surface area (Å²) in [6, 6.07) is 3.06. The van der Waals surface area contributed by atoms with E-state index in [4.69, 9.17) is 55.9 Å². The predicted molar refractivity (Wildman–Crippen MR) is 140 cm³/mol. The third-order valence-electron chi connectivity index (χ3n) is 5.33. The molecule has 0 radical (unpaired) electrons. The van der Waals surface area contributed by atoms with Crippen molar-refractivity contribution in [1.29, 1.82) is 0 Å². The molecule has 14 heteroatoms. The van der Waals surface area contributed by atoms with E-state index >= 15 is 0 Å². The molecule has 3 aromatic carbocycles. The number of ether oxygens (including phenoxy) is 2. The zero-order valence-electron chi connectivity index (χ0n) is 17.3. The molecule has 0 saturated heterocycles. The summed E-state index contributed by atoms with van der Waals surface area (Å²) in [6.07, 6.45) is 0. The number of fused-ring (bicyclic) bond motifs is 6. The molecule has 0 aromatic heterocycles. The topological polar surface area (TPSA) is 76.0 Å². The minimum absolute atomic E-state index is 0. The molecule has 34 heavy (non-hydrogen) atoms. The number of aromatic hydroxyl groups is 2. The molecule has 0 atom stereocenters. The molecular weight excluding hydrogens is 805 g/mol. The first-order chi connectivity index (χ1) is 15.4. The molecule has 0 aliphatic carbocycles. The van der Waals surface area contributed by atoms with Gasteiger partial charge in [0.25, 0.3) is 0 Å². The molecule has 0 unspecified atom stereocenters. The Morgan fingerprint density at radius 1 is 0.794 bits per heavy atom. The van der Waals surface area contributed by atoms with E-state index < -0.39 is 11.6 Å². The van der Waals surface area contributed by atoms with E-state index in [0.717, 1.165) is 0 Å². The van der Waals surface area contributed by atoms with Crippen LogP contribution in [-0.4, -0.2) is 16.2 Å². The van der Waals surface area contributed by atoms with Crippen LogP contribution in [0.15, 0.2) is 30.0 Å². The van der Waals surface area contributed by atoms with Crippen molar-refractivity contribution in [2.45, 2.75) is 5.60 Å². The Bertz CT molecular complexity index is 1410. The number of carbonyl (C=O) groups is 1. The van der Waals surface area contributed by atoms with Crippen molar-refractivity contribution in [3.05, 3.63) is 72.4 Å². The summed E-state index contributed by atoms with van der Waals surface area (Å²) < 4.78 is 13.0. The first-order valence-corrected chi connectivity index (χ1v) is 13.3. The predicted octanol–water partition coefficient (Wildman–Crippen LogP) is 6.45. The molecule has 2 aliphatic heterocycles. The van der Waals surface area contributed by atoms with Gasteiger partial charge in [-0.15, -0.1) is 0 Å². The summed E-state index contributed by atoms with van der Waals surface area (Å²) in [4.78, 5) is 13.2. The van der Waals surface area contributed by atoms with E-state index in [0.29, 0.717) is 11.1 Å². The number of benzene rings is 3. The van der Waals surface area contributed by atoms with E-state index in [9.17, 15) is 15.0 Å². The maximum absolute atomic E-state index is 13.2. The van der Waals surface area contributed by atoms with Gasteiger partial charge in [0.15, 0.2) is 17.1 Å². The Kier molecular flexibility index (Phi) is 7.65. The van der Waals surface area contributed by atoms with Gasteiger partial charge in [0.2, 0.25) is 0 Å². The van der Waals surface area contributed by atoms with Gasteiger partial charge in [-0.1, -0.05) is 46.4 Å². The van der Waals surface area contributed by atoms with Crippen LogP contribution in [0.4, 0.5) is 0 Å². The van der Waals surface area contributed by atoms with E-state index in [-0.39, 0.29) is 103 Å². The normalized spacial score (nSPS) is 14.6. The van der Waals surface area contributed by atoms with Gasteiger partial charge in [-0.3, -0.25) is 0 Å². The molecule has 5 rings (SSSR count). The molecule has 0 fully saturated rings. The fraction of sp³-hybridized carbons (Fsp3) is 0.0500. The summed E-state index contributed by atoms with van der Waals surface area (Å²) in [6.45, 7) is 0. The maximum atomic E-state index is 13.2. The van der Waals surface area contributed by atoms with Crippen LogP contribution >= 0.6 is 110 Å². The minimum Gasteiger partial charge on any atom is -1.00 e. The zero-order valence-corrected chi connectivity index (χ0v) is 27.7. The van der Waals surface area contributed by atoms with Crippen molar-refractivity contribution in [1.82, 2.24) is 0 Å². The van der Waals surface area contributed by atoms with Crippen molar-refractivity contribution >= 4 is 116 Å². The van der Waals surface area contributed by atoms with Gasteiger partial charge in [0.05, 0.1) is 45.7 Å². The third kappa shape index (κ3) is 3.56. The van der Waals surface area contributed by atoms with Crippen LogP contribution in [0.1, 0.15) is 28.5 Å². The molecule has 2 N–H and O–H groups in total. The molecule has 0 bridgehead atoms. The smallest absolute Gasteiger partial charge is 1.00 e. The van der Waals surface area contributed by atoms with Gasteiger partial charge in [-0.25, -0.2) is 4.79 Å². The van der Waals surface area contributed by atoms with Gasteiger partial charge in [-0.05, 0) is 75.9 Å². The average molecular weight is 810 g/mol. The molecule has 1 spiro atoms. The van der Waals surface area contributed by atoms with Gasteiger partial charge in [-0.2, -0.15) is 0 Å². The number of halogens is 8. The Morgan fingerprint density at radius 3 is 1.71 bits per heavy atom. The number of carbonyl (C=O) groups excluding carboxylic acids is 1. The molecule has 2 heterocycles. The van der Waals surface area contributed by atoms with Crippen LogP contribution in [0.25, 0.3) is 0 Å². The van der Waals surface area contributed by atoms with Gasteiger partial charge < -0.3 is 21.1 Å². The second kappa shape index (κ2) is 9.42. The van der Waals surface area contributed by atoms with E-state index in [1.165, 1.54) is 12.1 Å². The van der Waals surface area contributed by atoms with Gasteiger partial charge in [0.1, 0.15) is 20.4 Å². The van der Waals surface area contributed by atoms with Crippen LogP contribution in [-0.2, 0) is 10.3 Å². The van der Waals surface area contributed by atoms with Crippen LogP contribution in [0.2, 0.25) is 20.1 Å². The van der Waals surface area contributed by atoms with Crippen LogP contribution < -0.4 is 34.3 Å². The minimum atomic E-state index is -1.72. The molecule has 0 amide bonds. The van der Waals surface area contributed by atoms with Crippen LogP contribution in [0.3, 0.4) is 0 Å². The number of phenolic OH excluding ortho intramolecular Hbond substituents is 2. The van der Waals surface area contributed by atoms with E-state index in [2.05, 4.69) is 63.7 Å². The largest absolute Gasteiger partial charge is 1.00 e. The monoisotopic (exact) mass is 804 g/mol. The Morgan fingerprint density at radius 2 is 1.24 bits per heavy atom. The summed E-state index contributed by atoms with van der Waals surface area (Å²) in [7, 11) is 0. The summed E-state index contributed by atoms with van der Waals surface area (Å²) in [5.74, 6) is -0.885. The SMILES string of the molecule is O=C1OC2(c3cc(Br)c(O)c(Br)c3Oc3c2cc(Br)c(O)c3Br)c2c(Cl)c(Cl)c(Cl)c(Cl)c21.[H-].[Na+]. The van der Waals surface area contributed by atoms with Gasteiger partial charge in [0, 0.05) is 5.56 Å². The maximum Gasteiger partial charge on any atom is 1.00 e. The molecule has 5 nitrogen and oxygen atoms in total. The molecule has 0 saturated carbocycles. The fourth-order valence-electron chi connectivity index (χ4n) is 3.93. The van der Waals surface area contributed by atoms with Crippen LogP contribution in [0, 0.1) is 0 Å². The molecular formula is C20H5Br4Cl4NaO5. The average Bonchev–Trinajstić information content (AvgIpc) is 3.08. The first kappa shape index (κ1) is 27.6. The number of phenols is 2. The Hall–Kier alpha value is 0.610. The van der Waals surface area contributed by atoms with Crippen molar-refractivity contribution in [2.24, 2.45) is 0 Å².